The Hall–Kier alpha value is 2.59. The molecule has 12 heavy (non-hydrogen) atoms. The molecule has 10 heteroatoms. The Bertz CT molecular complexity index is 99.0. The van der Waals surface area contributed by atoms with Gasteiger partial charge in [-0.15, -0.1) is 0 Å². The van der Waals surface area contributed by atoms with Gasteiger partial charge in [-0.3, -0.25) is 0 Å². The third-order valence-corrected chi connectivity index (χ3v) is 0. The van der Waals surface area contributed by atoms with Gasteiger partial charge in [-0.1, -0.05) is 0 Å². The maximum Gasteiger partial charge on any atom is 2.00 e. The summed E-state index contributed by atoms with van der Waals surface area (Å²) in [6.45, 7) is 0. The first-order chi connectivity index (χ1) is 3.46. The fraction of sp³-hybridized carbons (Fsp3) is 0. The molecule has 0 aliphatic heterocycles. The van der Waals surface area contributed by atoms with E-state index in [1.165, 1.54) is 0 Å². The van der Waals surface area contributed by atoms with E-state index >= 15 is 0 Å². The molecule has 0 spiro atoms. The third-order valence-electron chi connectivity index (χ3n) is 0. The van der Waals surface area contributed by atoms with Crippen molar-refractivity contribution in [3.63, 3.8) is 0 Å². The van der Waals surface area contributed by atoms with Gasteiger partial charge in [-0.25, -0.2) is 9.59 Å². The standard InChI is InChI=1S/2CH2O3.2Ca.2Mg.8H/c2*2-1(3)4;;;;;;;;;;;;/h2*(H2,2,3,4);;;;;;;;;;;;/q;;4*+2;8*-1. The average Bonchev–Trinajstić information content (AvgIpc) is 1.25. The predicted molar refractivity (Wildman–Crippen MR) is 53.2 cm³/mol. The number of carbonyl (C=O) groups is 2. The summed E-state index contributed by atoms with van der Waals surface area (Å²) >= 11 is 0. The molecule has 0 saturated heterocycles. The van der Waals surface area contributed by atoms with Gasteiger partial charge in [0.05, 0.1) is 0 Å². The average molecular weight is 261 g/mol. The fourth-order valence-corrected chi connectivity index (χ4v) is 0. The van der Waals surface area contributed by atoms with E-state index in [0.29, 0.717) is 0 Å². The SMILES string of the molecule is O=C(O)O.O=C(O)O.[Ca+2].[Ca+2].[H-].[H-].[H-].[H-].[H-].[H-].[H-].[H-].[Mg+2].[Mg+2]. The minimum atomic E-state index is -1.83. The molecular weight excluding hydrogens is 249 g/mol. The Morgan fingerprint density at radius 2 is 0.750 bits per heavy atom. The molecule has 0 aromatic carbocycles. The summed E-state index contributed by atoms with van der Waals surface area (Å²) in [6, 6.07) is 0. The minimum Gasteiger partial charge on any atom is -1.00 e. The van der Waals surface area contributed by atoms with Crippen LogP contribution in [0.5, 0.6) is 0 Å². The second kappa shape index (κ2) is 29.2. The zero-order valence-electron chi connectivity index (χ0n) is 14.4. The molecule has 0 bridgehead atoms. The topological polar surface area (TPSA) is 115 Å². The van der Waals surface area contributed by atoms with Crippen LogP contribution in [0.1, 0.15) is 11.4 Å². The number of hydrogen-bond donors (Lipinski definition) is 4. The smallest absolute Gasteiger partial charge is 1.00 e. The Kier molecular flexibility index (Phi) is 88.8. The second-order valence-corrected chi connectivity index (χ2v) is 0.565. The van der Waals surface area contributed by atoms with Crippen LogP contribution in [-0.4, -0.2) is 154 Å². The molecular formula is C2H12Ca2Mg2O6. The first-order valence-corrected chi connectivity index (χ1v) is 1.30. The summed E-state index contributed by atoms with van der Waals surface area (Å²) in [5.41, 5.74) is 0. The molecule has 0 rings (SSSR count). The normalized spacial score (nSPS) is 4.00. The largest absolute Gasteiger partial charge is 2.00 e. The van der Waals surface area contributed by atoms with Gasteiger partial charge in [-0.2, -0.15) is 0 Å². The van der Waals surface area contributed by atoms with E-state index in [-0.39, 0.29) is 133 Å². The zero-order valence-corrected chi connectivity index (χ0v) is 13.7. The molecule has 6 nitrogen and oxygen atoms in total. The van der Waals surface area contributed by atoms with Gasteiger partial charge in [0, 0.05) is 0 Å². The van der Waals surface area contributed by atoms with Crippen molar-refractivity contribution in [3.8, 4) is 0 Å². The van der Waals surface area contributed by atoms with E-state index < -0.39 is 12.3 Å². The summed E-state index contributed by atoms with van der Waals surface area (Å²) in [6.07, 6.45) is -3.67. The van der Waals surface area contributed by atoms with Crippen LogP contribution < -0.4 is 0 Å². The summed E-state index contributed by atoms with van der Waals surface area (Å²) in [4.78, 5) is 17.1. The monoisotopic (exact) mass is 260 g/mol. The molecule has 0 amide bonds. The van der Waals surface area contributed by atoms with Crippen molar-refractivity contribution < 1.29 is 41.4 Å². The predicted octanol–water partition coefficient (Wildman–Crippen LogP) is -0.178. The first kappa shape index (κ1) is 36.5. The van der Waals surface area contributed by atoms with Crippen molar-refractivity contribution in [3.05, 3.63) is 0 Å². The van der Waals surface area contributed by atoms with Crippen LogP contribution in [-0.2, 0) is 0 Å². The molecule has 64 valence electrons. The van der Waals surface area contributed by atoms with Gasteiger partial charge < -0.3 is 31.8 Å². The van der Waals surface area contributed by atoms with E-state index in [4.69, 9.17) is 30.0 Å². The van der Waals surface area contributed by atoms with Crippen LogP contribution in [0.2, 0.25) is 0 Å². The van der Waals surface area contributed by atoms with Gasteiger partial charge in [0.25, 0.3) is 0 Å². The molecule has 0 heterocycles. The molecule has 0 atom stereocenters. The van der Waals surface area contributed by atoms with E-state index in [0.717, 1.165) is 0 Å². The van der Waals surface area contributed by atoms with Gasteiger partial charge in [0.2, 0.25) is 0 Å². The van der Waals surface area contributed by atoms with Crippen LogP contribution in [0.15, 0.2) is 0 Å². The Morgan fingerprint density at radius 1 is 0.750 bits per heavy atom. The Morgan fingerprint density at radius 3 is 0.750 bits per heavy atom. The Balaban J connectivity index is -0.00000000187. The number of carboxylic acid groups (broad SMARTS) is 4. The van der Waals surface area contributed by atoms with Crippen LogP contribution in [0.25, 0.3) is 0 Å². The quantitative estimate of drug-likeness (QED) is 0.449. The first-order valence-electron chi connectivity index (χ1n) is 1.30. The fourth-order valence-electron chi connectivity index (χ4n) is 0. The minimum absolute atomic E-state index is 0. The summed E-state index contributed by atoms with van der Waals surface area (Å²) in [5.74, 6) is 0. The molecule has 0 aliphatic rings. The van der Waals surface area contributed by atoms with Crippen molar-refractivity contribution in [2.75, 3.05) is 0 Å². The van der Waals surface area contributed by atoms with E-state index in [9.17, 15) is 0 Å². The van der Waals surface area contributed by atoms with E-state index in [1.54, 1.807) is 0 Å². The maximum atomic E-state index is 8.56. The van der Waals surface area contributed by atoms with Gasteiger partial charge >= 0.3 is 134 Å². The van der Waals surface area contributed by atoms with Crippen LogP contribution >= 0.6 is 0 Å². The number of rotatable bonds is 0. The molecule has 0 unspecified atom stereocenters. The van der Waals surface area contributed by atoms with E-state index in [1.807, 2.05) is 0 Å². The van der Waals surface area contributed by atoms with Crippen molar-refractivity contribution in [2.24, 2.45) is 0 Å². The molecule has 0 saturated carbocycles. The molecule has 0 aliphatic carbocycles. The molecule has 4 N–H and O–H groups in total. The number of hydrogen-bond acceptors (Lipinski definition) is 2. The summed E-state index contributed by atoms with van der Waals surface area (Å²) in [7, 11) is 0. The maximum absolute atomic E-state index is 8.56. The van der Waals surface area contributed by atoms with Crippen LogP contribution in [0.4, 0.5) is 9.59 Å². The van der Waals surface area contributed by atoms with Crippen molar-refractivity contribution in [1.82, 2.24) is 0 Å². The van der Waals surface area contributed by atoms with Gasteiger partial charge in [0.15, 0.2) is 0 Å². The molecule has 0 aromatic heterocycles. The van der Waals surface area contributed by atoms with Gasteiger partial charge in [-0.05, 0) is 0 Å². The molecule has 0 fully saturated rings. The van der Waals surface area contributed by atoms with E-state index in [2.05, 4.69) is 0 Å². The summed E-state index contributed by atoms with van der Waals surface area (Å²) < 4.78 is 0. The third kappa shape index (κ3) is 252. The van der Waals surface area contributed by atoms with Crippen molar-refractivity contribution in [2.45, 2.75) is 0 Å². The van der Waals surface area contributed by atoms with Crippen LogP contribution in [0.3, 0.4) is 0 Å². The second-order valence-electron chi connectivity index (χ2n) is 0.565. The van der Waals surface area contributed by atoms with Crippen molar-refractivity contribution in [1.29, 1.82) is 0 Å². The molecule has 0 aromatic rings. The van der Waals surface area contributed by atoms with Crippen molar-refractivity contribution >= 4 is 134 Å². The Labute approximate surface area is 172 Å². The van der Waals surface area contributed by atoms with Crippen LogP contribution in [0, 0.1) is 0 Å². The zero-order chi connectivity index (χ0) is 7.15. The van der Waals surface area contributed by atoms with Gasteiger partial charge in [0.1, 0.15) is 0 Å². The summed E-state index contributed by atoms with van der Waals surface area (Å²) in [5, 5.41) is 27.9. The molecule has 0 radical (unpaired) electrons.